The number of carboxylic acid groups (broad SMARTS) is 1. The molecule has 0 heterocycles. The maximum atomic E-state index is 10.7. The molecular weight excluding hydrogens is 206 g/mol. The Kier molecular flexibility index (Phi) is 4.34. The molecule has 0 aromatic rings. The molecular formula is C12H19NO3. The van der Waals surface area contributed by atoms with E-state index in [4.69, 9.17) is 15.6 Å². The Bertz CT molecular complexity index is 310. The second-order valence-electron chi connectivity index (χ2n) is 4.89. The van der Waals surface area contributed by atoms with Crippen molar-refractivity contribution in [2.75, 3.05) is 13.2 Å². The Morgan fingerprint density at radius 2 is 2.25 bits per heavy atom. The first-order valence-corrected chi connectivity index (χ1v) is 5.48. The zero-order valence-electron chi connectivity index (χ0n) is 9.82. The lowest BCUT2D eigenvalue weighted by molar-refractivity contribution is -0.142. The first-order chi connectivity index (χ1) is 7.43. The van der Waals surface area contributed by atoms with Crippen LogP contribution in [0.2, 0.25) is 0 Å². The van der Waals surface area contributed by atoms with Crippen molar-refractivity contribution in [2.45, 2.75) is 32.7 Å². The van der Waals surface area contributed by atoms with Crippen LogP contribution in [0.1, 0.15) is 26.7 Å². The maximum absolute atomic E-state index is 10.7. The van der Waals surface area contributed by atoms with E-state index in [-0.39, 0.29) is 0 Å². The highest BCUT2D eigenvalue weighted by molar-refractivity contribution is 5.74. The van der Waals surface area contributed by atoms with Gasteiger partial charge in [-0.05, 0) is 12.8 Å². The summed E-state index contributed by atoms with van der Waals surface area (Å²) >= 11 is 0. The number of rotatable bonds is 5. The fraction of sp³-hybridized carbons (Fsp3) is 0.750. The fourth-order valence-electron chi connectivity index (χ4n) is 1.20. The quantitative estimate of drug-likeness (QED) is 0.537. The molecule has 4 heteroatoms. The normalized spacial score (nSPS) is 17.4. The second kappa shape index (κ2) is 5.33. The van der Waals surface area contributed by atoms with Gasteiger partial charge in [0.05, 0.1) is 6.61 Å². The van der Waals surface area contributed by atoms with E-state index in [2.05, 4.69) is 11.8 Å². The number of hydrogen-bond acceptors (Lipinski definition) is 3. The van der Waals surface area contributed by atoms with Gasteiger partial charge in [-0.3, -0.25) is 4.79 Å². The van der Waals surface area contributed by atoms with E-state index < -0.39 is 17.4 Å². The molecule has 1 rings (SSSR count). The molecule has 1 aliphatic carbocycles. The Balaban J connectivity index is 2.24. The van der Waals surface area contributed by atoms with Crippen LogP contribution in [0.4, 0.5) is 0 Å². The molecule has 1 atom stereocenters. The average Bonchev–Trinajstić information content (AvgIpc) is 2.99. The number of ether oxygens (including phenoxy) is 1. The van der Waals surface area contributed by atoms with Crippen LogP contribution in [0.25, 0.3) is 0 Å². The minimum atomic E-state index is -1.00. The number of nitrogens with two attached hydrogens (primary N) is 1. The van der Waals surface area contributed by atoms with Gasteiger partial charge < -0.3 is 15.6 Å². The minimum Gasteiger partial charge on any atom is -0.480 e. The summed E-state index contributed by atoms with van der Waals surface area (Å²) < 4.78 is 5.33. The monoisotopic (exact) mass is 225 g/mol. The maximum Gasteiger partial charge on any atom is 0.321 e. The highest BCUT2D eigenvalue weighted by Gasteiger charge is 2.32. The Morgan fingerprint density at radius 1 is 1.62 bits per heavy atom. The largest absolute Gasteiger partial charge is 0.480 e. The molecule has 0 spiro atoms. The van der Waals surface area contributed by atoms with Crippen molar-refractivity contribution in [1.29, 1.82) is 0 Å². The van der Waals surface area contributed by atoms with Gasteiger partial charge in [0.25, 0.3) is 0 Å². The highest BCUT2D eigenvalue weighted by Crippen LogP contribution is 2.27. The molecule has 0 amide bonds. The van der Waals surface area contributed by atoms with Crippen molar-refractivity contribution in [1.82, 2.24) is 0 Å². The molecule has 0 unspecified atom stereocenters. The van der Waals surface area contributed by atoms with Gasteiger partial charge in [-0.25, -0.2) is 0 Å². The predicted molar refractivity (Wildman–Crippen MR) is 60.7 cm³/mol. The molecule has 0 saturated heterocycles. The van der Waals surface area contributed by atoms with E-state index in [0.29, 0.717) is 19.1 Å². The van der Waals surface area contributed by atoms with Gasteiger partial charge in [0.15, 0.2) is 0 Å². The lowest BCUT2D eigenvalue weighted by Crippen LogP contribution is -2.46. The molecule has 0 bridgehead atoms. The third-order valence-corrected chi connectivity index (χ3v) is 2.64. The summed E-state index contributed by atoms with van der Waals surface area (Å²) in [5.41, 5.74) is 4.98. The van der Waals surface area contributed by atoms with Crippen LogP contribution in [-0.2, 0) is 9.53 Å². The molecule has 0 aromatic carbocycles. The third-order valence-electron chi connectivity index (χ3n) is 2.64. The molecule has 3 N–H and O–H groups in total. The van der Waals surface area contributed by atoms with Crippen molar-refractivity contribution in [2.24, 2.45) is 17.1 Å². The highest BCUT2D eigenvalue weighted by atomic mass is 16.5. The molecule has 1 fully saturated rings. The number of aliphatic carboxylic acids is 1. The van der Waals surface area contributed by atoms with Gasteiger partial charge in [0.1, 0.15) is 12.6 Å². The molecule has 1 aliphatic rings. The minimum absolute atomic E-state index is 0.305. The number of carboxylic acids is 1. The number of hydrogen-bond donors (Lipinski definition) is 2. The van der Waals surface area contributed by atoms with Crippen molar-refractivity contribution in [3.8, 4) is 11.8 Å². The van der Waals surface area contributed by atoms with Crippen LogP contribution in [0.15, 0.2) is 0 Å². The first kappa shape index (κ1) is 13.0. The first-order valence-electron chi connectivity index (χ1n) is 5.48. The van der Waals surface area contributed by atoms with Crippen LogP contribution in [-0.4, -0.2) is 30.3 Å². The third kappa shape index (κ3) is 4.21. The zero-order chi connectivity index (χ0) is 12.2. The van der Waals surface area contributed by atoms with Gasteiger partial charge in [0.2, 0.25) is 0 Å². The summed E-state index contributed by atoms with van der Waals surface area (Å²) in [6.07, 6.45) is 2.39. The summed E-state index contributed by atoms with van der Waals surface area (Å²) in [6.45, 7) is 4.21. The summed E-state index contributed by atoms with van der Waals surface area (Å²) in [6, 6.07) is -0.913. The molecule has 0 aromatic heterocycles. The Labute approximate surface area is 96.2 Å². The zero-order valence-corrected chi connectivity index (χ0v) is 9.82. The van der Waals surface area contributed by atoms with Crippen molar-refractivity contribution in [3.63, 3.8) is 0 Å². The van der Waals surface area contributed by atoms with Crippen molar-refractivity contribution < 1.29 is 14.6 Å². The summed E-state index contributed by atoms with van der Waals surface area (Å²) in [4.78, 5) is 10.7. The van der Waals surface area contributed by atoms with E-state index >= 15 is 0 Å². The van der Waals surface area contributed by atoms with Crippen molar-refractivity contribution >= 4 is 5.97 Å². The Morgan fingerprint density at radius 3 is 2.75 bits per heavy atom. The van der Waals surface area contributed by atoms with Gasteiger partial charge in [-0.1, -0.05) is 25.7 Å². The average molecular weight is 225 g/mol. The van der Waals surface area contributed by atoms with E-state index in [9.17, 15) is 4.79 Å². The number of carbonyl (C=O) groups is 1. The predicted octanol–water partition coefficient (Wildman–Crippen LogP) is 0.854. The fourth-order valence-corrected chi connectivity index (χ4v) is 1.20. The molecule has 0 radical (unpaired) electrons. The summed E-state index contributed by atoms with van der Waals surface area (Å²) in [5.74, 6) is 5.57. The SMILES string of the molecule is CC(C)(COCC#CC1CC1)[C@H](N)C(=O)O. The molecule has 0 aliphatic heterocycles. The van der Waals surface area contributed by atoms with Crippen LogP contribution < -0.4 is 5.73 Å². The van der Waals surface area contributed by atoms with Gasteiger partial charge >= 0.3 is 5.97 Å². The summed E-state index contributed by atoms with van der Waals surface area (Å²) in [7, 11) is 0. The lowest BCUT2D eigenvalue weighted by atomic mass is 9.86. The van der Waals surface area contributed by atoms with E-state index in [1.165, 1.54) is 12.8 Å². The van der Waals surface area contributed by atoms with E-state index in [1.54, 1.807) is 13.8 Å². The standard InChI is InChI=1S/C12H19NO3/c1-12(2,10(13)11(14)15)8-16-7-3-4-9-5-6-9/h9-10H,5-8,13H2,1-2H3,(H,14,15)/t10-/m1/s1. The van der Waals surface area contributed by atoms with Crippen LogP contribution in [0.3, 0.4) is 0 Å². The van der Waals surface area contributed by atoms with Crippen molar-refractivity contribution in [3.05, 3.63) is 0 Å². The van der Waals surface area contributed by atoms with E-state index in [0.717, 1.165) is 0 Å². The molecule has 16 heavy (non-hydrogen) atoms. The Hall–Kier alpha value is -1.05. The van der Waals surface area contributed by atoms with E-state index in [1.807, 2.05) is 0 Å². The van der Waals surface area contributed by atoms with Crippen LogP contribution in [0, 0.1) is 23.2 Å². The smallest absolute Gasteiger partial charge is 0.321 e. The lowest BCUT2D eigenvalue weighted by Gasteiger charge is -2.27. The second-order valence-corrected chi connectivity index (χ2v) is 4.89. The molecule has 1 saturated carbocycles. The van der Waals surface area contributed by atoms with Gasteiger partial charge in [-0.15, -0.1) is 0 Å². The van der Waals surface area contributed by atoms with Gasteiger partial charge in [-0.2, -0.15) is 0 Å². The molecule has 4 nitrogen and oxygen atoms in total. The van der Waals surface area contributed by atoms with Crippen LogP contribution >= 0.6 is 0 Å². The topological polar surface area (TPSA) is 72.5 Å². The summed E-state index contributed by atoms with van der Waals surface area (Å²) in [5, 5.41) is 8.79. The van der Waals surface area contributed by atoms with Crippen LogP contribution in [0.5, 0.6) is 0 Å². The molecule has 90 valence electrons. The van der Waals surface area contributed by atoms with Gasteiger partial charge in [0, 0.05) is 11.3 Å².